The molecule has 3 N–H and O–H groups in total. The summed E-state index contributed by atoms with van der Waals surface area (Å²) in [5.74, 6) is 1.02. The topological polar surface area (TPSA) is 67.6 Å². The second-order valence-electron chi connectivity index (χ2n) is 6.62. The van der Waals surface area contributed by atoms with Gasteiger partial charge in [0.25, 0.3) is 0 Å². The number of nitrogens with zero attached hydrogens (tertiary/aromatic N) is 1. The van der Waals surface area contributed by atoms with Crippen LogP contribution in [0.4, 0.5) is 0 Å². The molecule has 1 saturated heterocycles. The predicted molar refractivity (Wildman–Crippen MR) is 90.5 cm³/mol. The van der Waals surface area contributed by atoms with Gasteiger partial charge in [-0.1, -0.05) is 6.07 Å². The Hall–Kier alpha value is -1.59. The first-order chi connectivity index (χ1) is 11.1. The second-order valence-corrected chi connectivity index (χ2v) is 6.62. The maximum atomic E-state index is 12.3. The van der Waals surface area contributed by atoms with E-state index in [0.29, 0.717) is 13.1 Å². The lowest BCUT2D eigenvalue weighted by molar-refractivity contribution is -0.125. The van der Waals surface area contributed by atoms with Crippen molar-refractivity contribution in [2.24, 2.45) is 5.73 Å². The van der Waals surface area contributed by atoms with Crippen LogP contribution in [-0.4, -0.2) is 43.1 Å². The molecule has 2 atom stereocenters. The molecule has 0 spiro atoms. The number of fused-ring (bicyclic) bond motifs is 1. The van der Waals surface area contributed by atoms with Crippen LogP contribution in [0.2, 0.25) is 0 Å². The van der Waals surface area contributed by atoms with Crippen molar-refractivity contribution >= 4 is 5.91 Å². The number of ether oxygens (including phenoxy) is 1. The molecule has 23 heavy (non-hydrogen) atoms. The molecule has 0 unspecified atom stereocenters. The quantitative estimate of drug-likeness (QED) is 0.857. The Balaban J connectivity index is 1.81. The number of likely N-dealkylation sites (N-methyl/N-ethyl adjacent to an activating group) is 1. The summed E-state index contributed by atoms with van der Waals surface area (Å²) >= 11 is 0. The number of rotatable bonds is 5. The molecule has 1 aliphatic carbocycles. The molecule has 0 aromatic heterocycles. The largest absolute Gasteiger partial charge is 0.496 e. The summed E-state index contributed by atoms with van der Waals surface area (Å²) in [6, 6.07) is 4.36. The van der Waals surface area contributed by atoms with Crippen molar-refractivity contribution in [3.05, 3.63) is 28.8 Å². The molecule has 3 rings (SSSR count). The molecule has 1 aromatic carbocycles. The van der Waals surface area contributed by atoms with E-state index in [1.807, 2.05) is 6.92 Å². The van der Waals surface area contributed by atoms with Crippen LogP contribution < -0.4 is 15.8 Å². The van der Waals surface area contributed by atoms with E-state index in [-0.39, 0.29) is 18.0 Å². The average Bonchev–Trinajstić information content (AvgIpc) is 3.12. The van der Waals surface area contributed by atoms with Crippen LogP contribution in [0.25, 0.3) is 0 Å². The minimum absolute atomic E-state index is 0.0584. The van der Waals surface area contributed by atoms with Crippen LogP contribution in [0.15, 0.2) is 12.1 Å². The van der Waals surface area contributed by atoms with Gasteiger partial charge in [-0.2, -0.15) is 0 Å². The highest BCUT2D eigenvalue weighted by Gasteiger charge is 2.35. The van der Waals surface area contributed by atoms with Crippen LogP contribution in [0, 0.1) is 0 Å². The molecule has 1 aromatic rings. The highest BCUT2D eigenvalue weighted by atomic mass is 16.5. The molecule has 0 saturated carbocycles. The van der Waals surface area contributed by atoms with Crippen LogP contribution in [-0.2, 0) is 24.2 Å². The summed E-state index contributed by atoms with van der Waals surface area (Å²) in [6.07, 6.45) is 4.23. The zero-order valence-corrected chi connectivity index (χ0v) is 14.1. The Labute approximate surface area is 138 Å². The lowest BCUT2D eigenvalue weighted by atomic mass is 10.0. The zero-order chi connectivity index (χ0) is 16.4. The third kappa shape index (κ3) is 3.35. The van der Waals surface area contributed by atoms with E-state index in [4.69, 9.17) is 10.5 Å². The number of hydrogen-bond acceptors (Lipinski definition) is 4. The number of nitrogens with one attached hydrogen (secondary N) is 1. The minimum Gasteiger partial charge on any atom is -0.496 e. The van der Waals surface area contributed by atoms with E-state index in [1.54, 1.807) is 7.11 Å². The number of amides is 1. The number of carbonyl (C=O) groups is 1. The van der Waals surface area contributed by atoms with Gasteiger partial charge < -0.3 is 15.8 Å². The smallest absolute Gasteiger partial charge is 0.237 e. The van der Waals surface area contributed by atoms with Gasteiger partial charge in [0.15, 0.2) is 0 Å². The first kappa shape index (κ1) is 16.3. The van der Waals surface area contributed by atoms with Gasteiger partial charge in [-0.05, 0) is 49.8 Å². The number of carbonyl (C=O) groups excluding carboxylic acids is 1. The van der Waals surface area contributed by atoms with Crippen molar-refractivity contribution in [3.8, 4) is 5.75 Å². The summed E-state index contributed by atoms with van der Waals surface area (Å²) in [5, 5.41) is 2.93. The number of hydrogen-bond donors (Lipinski definition) is 2. The van der Waals surface area contributed by atoms with Gasteiger partial charge >= 0.3 is 0 Å². The second kappa shape index (κ2) is 6.89. The first-order valence-electron chi connectivity index (χ1n) is 8.58. The first-order valence-corrected chi connectivity index (χ1v) is 8.58. The summed E-state index contributed by atoms with van der Waals surface area (Å²) in [7, 11) is 1.72. The number of methoxy groups -OCH3 is 1. The Morgan fingerprint density at radius 1 is 1.39 bits per heavy atom. The Bertz CT molecular complexity index is 588. The Morgan fingerprint density at radius 2 is 2.13 bits per heavy atom. The maximum absolute atomic E-state index is 12.3. The van der Waals surface area contributed by atoms with E-state index in [1.165, 1.54) is 17.5 Å². The fourth-order valence-corrected chi connectivity index (χ4v) is 3.86. The van der Waals surface area contributed by atoms with Gasteiger partial charge in [0.1, 0.15) is 5.75 Å². The molecule has 126 valence electrons. The lowest BCUT2D eigenvalue weighted by Gasteiger charge is -2.24. The number of aryl methyl sites for hydroxylation is 2. The van der Waals surface area contributed by atoms with Crippen molar-refractivity contribution in [2.75, 3.05) is 20.2 Å². The highest BCUT2D eigenvalue weighted by molar-refractivity contribution is 5.82. The summed E-state index contributed by atoms with van der Waals surface area (Å²) in [4.78, 5) is 14.5. The van der Waals surface area contributed by atoms with Gasteiger partial charge in [0, 0.05) is 31.2 Å². The summed E-state index contributed by atoms with van der Waals surface area (Å²) in [5.41, 5.74) is 10.1. The van der Waals surface area contributed by atoms with Crippen LogP contribution in [0.1, 0.15) is 36.5 Å². The van der Waals surface area contributed by atoms with E-state index in [0.717, 1.165) is 37.1 Å². The van der Waals surface area contributed by atoms with Crippen molar-refractivity contribution < 1.29 is 9.53 Å². The van der Waals surface area contributed by atoms with Crippen LogP contribution >= 0.6 is 0 Å². The molecule has 1 heterocycles. The number of likely N-dealkylation sites (tertiary alicyclic amines) is 1. The van der Waals surface area contributed by atoms with E-state index < -0.39 is 0 Å². The van der Waals surface area contributed by atoms with E-state index in [9.17, 15) is 4.79 Å². The molecular formula is C18H27N3O2. The molecule has 5 nitrogen and oxygen atoms in total. The van der Waals surface area contributed by atoms with Crippen LogP contribution in [0.3, 0.4) is 0 Å². The predicted octanol–water partition coefficient (Wildman–Crippen LogP) is 1.22. The molecule has 0 bridgehead atoms. The third-order valence-corrected chi connectivity index (χ3v) is 4.96. The highest BCUT2D eigenvalue weighted by Crippen LogP contribution is 2.32. The fraction of sp³-hybridized carbons (Fsp3) is 0.611. The number of nitrogens with two attached hydrogens (primary N) is 1. The van der Waals surface area contributed by atoms with E-state index in [2.05, 4.69) is 22.3 Å². The van der Waals surface area contributed by atoms with Gasteiger partial charge in [0.05, 0.1) is 13.2 Å². The van der Waals surface area contributed by atoms with Gasteiger partial charge in [-0.3, -0.25) is 9.69 Å². The van der Waals surface area contributed by atoms with Gasteiger partial charge in [-0.15, -0.1) is 0 Å². The Morgan fingerprint density at radius 3 is 2.83 bits per heavy atom. The van der Waals surface area contributed by atoms with Crippen molar-refractivity contribution in [1.29, 1.82) is 0 Å². The normalized spacial score (nSPS) is 23.8. The van der Waals surface area contributed by atoms with E-state index >= 15 is 0 Å². The third-order valence-electron chi connectivity index (χ3n) is 4.96. The lowest BCUT2D eigenvalue weighted by Crippen LogP contribution is -2.42. The molecule has 0 radical (unpaired) electrons. The van der Waals surface area contributed by atoms with Gasteiger partial charge in [0.2, 0.25) is 5.91 Å². The SMILES string of the molecule is CCNC(=O)[C@@H]1C[C@@H](N)CN1Cc1cc2c(cc1OC)CCC2. The van der Waals surface area contributed by atoms with Crippen molar-refractivity contribution in [1.82, 2.24) is 10.2 Å². The van der Waals surface area contributed by atoms with Gasteiger partial charge in [-0.25, -0.2) is 0 Å². The zero-order valence-electron chi connectivity index (χ0n) is 14.1. The maximum Gasteiger partial charge on any atom is 0.237 e. The Kier molecular flexibility index (Phi) is 4.87. The molecule has 2 aliphatic rings. The summed E-state index contributed by atoms with van der Waals surface area (Å²) in [6.45, 7) is 4.06. The number of benzene rings is 1. The summed E-state index contributed by atoms with van der Waals surface area (Å²) < 4.78 is 5.59. The monoisotopic (exact) mass is 317 g/mol. The fourth-order valence-electron chi connectivity index (χ4n) is 3.86. The molecule has 1 aliphatic heterocycles. The molecule has 1 amide bonds. The van der Waals surface area contributed by atoms with Crippen LogP contribution in [0.5, 0.6) is 5.75 Å². The molecular weight excluding hydrogens is 290 g/mol. The minimum atomic E-state index is -0.136. The van der Waals surface area contributed by atoms with Crippen molar-refractivity contribution in [3.63, 3.8) is 0 Å². The molecule has 1 fully saturated rings. The average molecular weight is 317 g/mol. The standard InChI is InChI=1S/C18H27N3O2/c1-3-20-18(22)16-9-15(19)11-21(16)10-14-7-12-5-4-6-13(12)8-17(14)23-2/h7-8,15-16H,3-6,9-11,19H2,1-2H3,(H,20,22)/t15-,16+/m1/s1. The van der Waals surface area contributed by atoms with Crippen molar-refractivity contribution in [2.45, 2.75) is 51.2 Å². The molecule has 5 heteroatoms.